The van der Waals surface area contributed by atoms with Crippen LogP contribution in [0.25, 0.3) is 11.0 Å². The summed E-state index contributed by atoms with van der Waals surface area (Å²) in [4.78, 5) is 42.2. The third-order valence-corrected chi connectivity index (χ3v) is 5.30. The summed E-state index contributed by atoms with van der Waals surface area (Å²) in [6.07, 6.45) is 1.44. The van der Waals surface area contributed by atoms with E-state index in [4.69, 9.17) is 0 Å². The minimum Gasteiger partial charge on any atom is -0.367 e. The van der Waals surface area contributed by atoms with Crippen molar-refractivity contribution in [2.24, 2.45) is 0 Å². The van der Waals surface area contributed by atoms with Gasteiger partial charge in [-0.25, -0.2) is 14.4 Å². The number of ketones is 2. The topological polar surface area (TPSA) is 79.3 Å². The van der Waals surface area contributed by atoms with Gasteiger partial charge in [0.2, 0.25) is 11.6 Å². The van der Waals surface area contributed by atoms with Crippen molar-refractivity contribution < 1.29 is 14.0 Å². The number of fused-ring (bicyclic) bond motifs is 3. The Morgan fingerprint density at radius 1 is 0.929 bits per heavy atom. The molecule has 1 aliphatic carbocycles. The zero-order valence-electron chi connectivity index (χ0n) is 15.1. The molecule has 28 heavy (non-hydrogen) atoms. The van der Waals surface area contributed by atoms with E-state index in [0.717, 1.165) is 13.1 Å². The number of halogens is 1. The van der Waals surface area contributed by atoms with Gasteiger partial charge in [-0.2, -0.15) is 0 Å². The quantitative estimate of drug-likeness (QED) is 0.499. The Bertz CT molecular complexity index is 1150. The molecule has 1 aromatic carbocycles. The minimum absolute atomic E-state index is 0.00397. The first-order chi connectivity index (χ1) is 13.5. The zero-order chi connectivity index (χ0) is 19.4. The first-order valence-corrected chi connectivity index (χ1v) is 9.03. The van der Waals surface area contributed by atoms with Crippen molar-refractivity contribution in [1.29, 1.82) is 0 Å². The maximum Gasteiger partial charge on any atom is 0.232 e. The fraction of sp³-hybridized carbons (Fsp3) is 0.250. The average molecular weight is 377 g/mol. The fourth-order valence-electron chi connectivity index (χ4n) is 3.70. The highest BCUT2D eigenvalue weighted by molar-refractivity contribution is 6.26. The van der Waals surface area contributed by atoms with E-state index in [1.807, 2.05) is 11.9 Å². The van der Waals surface area contributed by atoms with Crippen LogP contribution in [0.3, 0.4) is 0 Å². The molecule has 0 N–H and O–H groups in total. The van der Waals surface area contributed by atoms with Crippen LogP contribution in [0.2, 0.25) is 0 Å². The number of piperazine rings is 1. The van der Waals surface area contributed by atoms with Crippen LogP contribution in [0, 0.1) is 5.82 Å². The summed E-state index contributed by atoms with van der Waals surface area (Å²) in [5.74, 6) is -1.45. The molecule has 140 valence electrons. The average Bonchev–Trinajstić information content (AvgIpc) is 2.72. The van der Waals surface area contributed by atoms with Gasteiger partial charge < -0.3 is 9.80 Å². The molecule has 3 aromatic rings. The number of aromatic nitrogens is 3. The van der Waals surface area contributed by atoms with Crippen LogP contribution < -0.4 is 4.90 Å². The van der Waals surface area contributed by atoms with Gasteiger partial charge in [0.25, 0.3) is 0 Å². The van der Waals surface area contributed by atoms with Crippen molar-refractivity contribution in [3.05, 3.63) is 58.9 Å². The second-order valence-corrected chi connectivity index (χ2v) is 7.04. The molecule has 0 saturated carbocycles. The fourth-order valence-corrected chi connectivity index (χ4v) is 3.70. The monoisotopic (exact) mass is 377 g/mol. The van der Waals surface area contributed by atoms with Crippen molar-refractivity contribution >= 4 is 28.3 Å². The van der Waals surface area contributed by atoms with Crippen LogP contribution in [0.5, 0.6) is 0 Å². The number of nitrogens with zero attached hydrogens (tertiary/aromatic N) is 5. The molecule has 0 atom stereocenters. The number of pyridine rings is 1. The molecule has 8 heteroatoms. The lowest BCUT2D eigenvalue weighted by atomic mass is 9.93. The lowest BCUT2D eigenvalue weighted by molar-refractivity contribution is 0.0968. The van der Waals surface area contributed by atoms with Gasteiger partial charge in [-0.3, -0.25) is 14.6 Å². The van der Waals surface area contributed by atoms with Gasteiger partial charge in [0.15, 0.2) is 5.82 Å². The number of benzene rings is 1. The molecule has 0 unspecified atom stereocenters. The summed E-state index contributed by atoms with van der Waals surface area (Å²) in [5.41, 5.74) is 0.719. The Morgan fingerprint density at radius 2 is 1.68 bits per heavy atom. The van der Waals surface area contributed by atoms with Crippen LogP contribution in [0.4, 0.5) is 10.1 Å². The van der Waals surface area contributed by atoms with Gasteiger partial charge in [0.05, 0.1) is 16.8 Å². The third kappa shape index (κ3) is 2.41. The maximum absolute atomic E-state index is 15.3. The second-order valence-electron chi connectivity index (χ2n) is 7.04. The lowest BCUT2D eigenvalue weighted by Crippen LogP contribution is -2.44. The molecule has 2 aromatic heterocycles. The lowest BCUT2D eigenvalue weighted by Gasteiger charge is -2.34. The van der Waals surface area contributed by atoms with Crippen LogP contribution in [0.15, 0.2) is 30.5 Å². The van der Waals surface area contributed by atoms with Gasteiger partial charge >= 0.3 is 0 Å². The van der Waals surface area contributed by atoms with Gasteiger partial charge in [-0.1, -0.05) is 0 Å². The van der Waals surface area contributed by atoms with Gasteiger partial charge in [-0.05, 0) is 31.3 Å². The molecule has 2 aliphatic rings. The summed E-state index contributed by atoms with van der Waals surface area (Å²) in [7, 11) is 2.03. The van der Waals surface area contributed by atoms with E-state index in [2.05, 4.69) is 19.9 Å². The van der Waals surface area contributed by atoms with Gasteiger partial charge in [-0.15, -0.1) is 0 Å². The summed E-state index contributed by atoms with van der Waals surface area (Å²) >= 11 is 0. The van der Waals surface area contributed by atoms with E-state index in [1.54, 1.807) is 18.2 Å². The van der Waals surface area contributed by atoms with Crippen molar-refractivity contribution in [3.8, 4) is 0 Å². The largest absolute Gasteiger partial charge is 0.367 e. The summed E-state index contributed by atoms with van der Waals surface area (Å²) in [5, 5.41) is 0. The number of anilines is 1. The number of rotatable bonds is 1. The van der Waals surface area contributed by atoms with Crippen molar-refractivity contribution in [2.45, 2.75) is 0 Å². The Balaban J connectivity index is 1.65. The minimum atomic E-state index is -0.524. The zero-order valence-corrected chi connectivity index (χ0v) is 15.1. The molecule has 1 saturated heterocycles. The maximum atomic E-state index is 15.3. The highest BCUT2D eigenvalue weighted by atomic mass is 19.1. The van der Waals surface area contributed by atoms with Crippen LogP contribution in [-0.2, 0) is 0 Å². The third-order valence-electron chi connectivity index (χ3n) is 5.30. The highest BCUT2D eigenvalue weighted by Crippen LogP contribution is 2.30. The number of hydrogen-bond donors (Lipinski definition) is 0. The first kappa shape index (κ1) is 16.9. The Labute approximate surface area is 159 Å². The van der Waals surface area contributed by atoms with Crippen LogP contribution in [-0.4, -0.2) is 64.6 Å². The molecular formula is C20H16FN5O2. The Kier molecular flexibility index (Phi) is 3.70. The van der Waals surface area contributed by atoms with E-state index in [-0.39, 0.29) is 33.7 Å². The molecule has 0 spiro atoms. The molecule has 3 heterocycles. The van der Waals surface area contributed by atoms with E-state index < -0.39 is 17.4 Å². The van der Waals surface area contributed by atoms with Gasteiger partial charge in [0.1, 0.15) is 22.6 Å². The molecular weight excluding hydrogens is 361 g/mol. The number of likely N-dealkylation sites (N-methyl/N-ethyl adjacent to an activating group) is 1. The molecule has 5 rings (SSSR count). The normalized spacial score (nSPS) is 17.0. The van der Waals surface area contributed by atoms with E-state index in [9.17, 15) is 9.59 Å². The number of carbonyl (C=O) groups excluding carboxylic acids is 2. The van der Waals surface area contributed by atoms with Crippen molar-refractivity contribution in [2.75, 3.05) is 38.1 Å². The number of hydrogen-bond acceptors (Lipinski definition) is 7. The highest BCUT2D eigenvalue weighted by Gasteiger charge is 2.34. The molecule has 0 radical (unpaired) electrons. The van der Waals surface area contributed by atoms with Gasteiger partial charge in [0, 0.05) is 32.4 Å². The SMILES string of the molecule is CN1CCN(c2ccc3nc4c(nc3c2F)C(=O)c2ncccc2C4=O)CC1. The Hall–Kier alpha value is -3.26. The number of carbonyl (C=O) groups is 2. The standard InChI is InChI=1S/C20H16FN5O2/c1-25-7-9-26(10-8-25)13-5-4-12-16(14(13)21)24-18-17(23-12)19(27)11-3-2-6-22-15(11)20(18)28/h2-6H,7-10H2,1H3. The molecule has 1 aliphatic heterocycles. The summed E-state index contributed by atoms with van der Waals surface area (Å²) < 4.78 is 15.3. The second kappa shape index (κ2) is 6.13. The Morgan fingerprint density at radius 3 is 2.46 bits per heavy atom. The molecule has 0 bridgehead atoms. The van der Waals surface area contributed by atoms with Crippen LogP contribution >= 0.6 is 0 Å². The predicted octanol–water partition coefficient (Wildman–Crippen LogP) is 1.69. The molecule has 0 amide bonds. The molecule has 7 nitrogen and oxygen atoms in total. The predicted molar refractivity (Wildman–Crippen MR) is 100 cm³/mol. The van der Waals surface area contributed by atoms with E-state index in [0.29, 0.717) is 18.8 Å². The smallest absolute Gasteiger partial charge is 0.232 e. The van der Waals surface area contributed by atoms with E-state index in [1.165, 1.54) is 12.3 Å². The first-order valence-electron chi connectivity index (χ1n) is 9.03. The molecule has 1 fully saturated rings. The van der Waals surface area contributed by atoms with Crippen molar-refractivity contribution in [3.63, 3.8) is 0 Å². The van der Waals surface area contributed by atoms with Crippen LogP contribution in [0.1, 0.15) is 32.2 Å². The van der Waals surface area contributed by atoms with E-state index >= 15 is 4.39 Å². The summed E-state index contributed by atoms with van der Waals surface area (Å²) in [6.45, 7) is 3.07. The summed E-state index contributed by atoms with van der Waals surface area (Å²) in [6, 6.07) is 6.43. The van der Waals surface area contributed by atoms with Crippen molar-refractivity contribution in [1.82, 2.24) is 19.9 Å².